The van der Waals surface area contributed by atoms with Crippen LogP contribution in [0.4, 0.5) is 4.79 Å². The molecule has 0 unspecified atom stereocenters. The van der Waals surface area contributed by atoms with E-state index in [0.717, 1.165) is 24.4 Å². The van der Waals surface area contributed by atoms with Crippen LogP contribution in [0.5, 0.6) is 0 Å². The molecule has 23 heavy (non-hydrogen) atoms. The van der Waals surface area contributed by atoms with Crippen LogP contribution in [0.3, 0.4) is 0 Å². The van der Waals surface area contributed by atoms with Crippen molar-refractivity contribution < 1.29 is 4.79 Å². The number of carbonyl (C=O) groups excluding carboxylic acids is 1. The molecule has 0 saturated carbocycles. The molecule has 2 aromatic rings. The zero-order valence-electron chi connectivity index (χ0n) is 14.1. The first-order chi connectivity index (χ1) is 11.1. The van der Waals surface area contributed by atoms with Crippen molar-refractivity contribution in [2.45, 2.75) is 39.8 Å². The zero-order chi connectivity index (χ0) is 16.7. The fourth-order valence-electron chi connectivity index (χ4n) is 2.58. The third kappa shape index (κ3) is 4.55. The van der Waals surface area contributed by atoms with Gasteiger partial charge in [0.2, 0.25) is 0 Å². The molecule has 0 aliphatic rings. The Kier molecular flexibility index (Phi) is 6.14. The van der Waals surface area contributed by atoms with Gasteiger partial charge in [0, 0.05) is 44.4 Å². The van der Waals surface area contributed by atoms with E-state index < -0.39 is 0 Å². The third-order valence-corrected chi connectivity index (χ3v) is 4.01. The summed E-state index contributed by atoms with van der Waals surface area (Å²) in [6, 6.07) is 3.86. The summed E-state index contributed by atoms with van der Waals surface area (Å²) >= 11 is 0. The lowest BCUT2D eigenvalue weighted by Crippen LogP contribution is -2.41. The average Bonchev–Trinajstić information content (AvgIpc) is 2.98. The quantitative estimate of drug-likeness (QED) is 0.799. The minimum absolute atomic E-state index is 0.00425. The van der Waals surface area contributed by atoms with E-state index in [1.807, 2.05) is 50.2 Å². The monoisotopic (exact) mass is 315 g/mol. The maximum absolute atomic E-state index is 12.4. The SMILES string of the molecule is CCN(C(=O)NCCCn1ccnc1C)[C@@H](C)c1cccnc1. The maximum atomic E-state index is 12.4. The first-order valence-electron chi connectivity index (χ1n) is 8.05. The van der Waals surface area contributed by atoms with Crippen molar-refractivity contribution in [2.75, 3.05) is 13.1 Å². The number of aryl methyl sites for hydroxylation is 2. The summed E-state index contributed by atoms with van der Waals surface area (Å²) in [6.45, 7) is 8.15. The third-order valence-electron chi connectivity index (χ3n) is 4.01. The largest absolute Gasteiger partial charge is 0.338 e. The number of urea groups is 1. The van der Waals surface area contributed by atoms with Gasteiger partial charge in [0.25, 0.3) is 0 Å². The van der Waals surface area contributed by atoms with Gasteiger partial charge >= 0.3 is 6.03 Å². The Bertz CT molecular complexity index is 610. The van der Waals surface area contributed by atoms with Gasteiger partial charge in [0.1, 0.15) is 5.82 Å². The van der Waals surface area contributed by atoms with Crippen LogP contribution in [0.15, 0.2) is 36.9 Å². The maximum Gasteiger partial charge on any atom is 0.317 e. The number of rotatable bonds is 7. The molecule has 0 aromatic carbocycles. The van der Waals surface area contributed by atoms with Gasteiger partial charge in [-0.05, 0) is 38.8 Å². The first kappa shape index (κ1) is 17.0. The Morgan fingerprint density at radius 2 is 2.26 bits per heavy atom. The van der Waals surface area contributed by atoms with E-state index in [-0.39, 0.29) is 12.1 Å². The number of imidazole rings is 1. The van der Waals surface area contributed by atoms with E-state index >= 15 is 0 Å². The predicted molar refractivity (Wildman–Crippen MR) is 90.0 cm³/mol. The topological polar surface area (TPSA) is 63.1 Å². The van der Waals surface area contributed by atoms with Crippen LogP contribution in [0.1, 0.15) is 37.7 Å². The second-order valence-electron chi connectivity index (χ2n) is 5.50. The van der Waals surface area contributed by atoms with E-state index in [1.165, 1.54) is 0 Å². The van der Waals surface area contributed by atoms with Crippen molar-refractivity contribution in [2.24, 2.45) is 0 Å². The van der Waals surface area contributed by atoms with Gasteiger partial charge in [0.05, 0.1) is 6.04 Å². The van der Waals surface area contributed by atoms with Crippen LogP contribution >= 0.6 is 0 Å². The summed E-state index contributed by atoms with van der Waals surface area (Å²) in [5.74, 6) is 0.997. The highest BCUT2D eigenvalue weighted by Gasteiger charge is 2.19. The summed E-state index contributed by atoms with van der Waals surface area (Å²) in [7, 11) is 0. The molecule has 0 bridgehead atoms. The lowest BCUT2D eigenvalue weighted by atomic mass is 10.1. The normalized spacial score (nSPS) is 12.0. The molecule has 0 aliphatic heterocycles. The summed E-state index contributed by atoms with van der Waals surface area (Å²) in [6.07, 6.45) is 8.18. The lowest BCUT2D eigenvalue weighted by molar-refractivity contribution is 0.182. The van der Waals surface area contributed by atoms with Crippen LogP contribution in [-0.4, -0.2) is 38.6 Å². The minimum atomic E-state index is -0.0359. The highest BCUT2D eigenvalue weighted by molar-refractivity contribution is 5.74. The predicted octanol–water partition coefficient (Wildman–Crippen LogP) is 2.77. The Morgan fingerprint density at radius 1 is 1.43 bits per heavy atom. The molecule has 0 radical (unpaired) electrons. The molecule has 0 saturated heterocycles. The van der Waals surface area contributed by atoms with Crippen molar-refractivity contribution in [1.29, 1.82) is 0 Å². The smallest absolute Gasteiger partial charge is 0.317 e. The Balaban J connectivity index is 1.82. The van der Waals surface area contributed by atoms with Gasteiger partial charge in [0.15, 0.2) is 0 Å². The number of amides is 2. The highest BCUT2D eigenvalue weighted by atomic mass is 16.2. The van der Waals surface area contributed by atoms with E-state index in [0.29, 0.717) is 13.1 Å². The van der Waals surface area contributed by atoms with Crippen LogP contribution in [-0.2, 0) is 6.54 Å². The van der Waals surface area contributed by atoms with Crippen LogP contribution in [0.25, 0.3) is 0 Å². The average molecular weight is 315 g/mol. The molecule has 0 fully saturated rings. The van der Waals surface area contributed by atoms with Crippen molar-refractivity contribution in [1.82, 2.24) is 24.8 Å². The zero-order valence-corrected chi connectivity index (χ0v) is 14.1. The van der Waals surface area contributed by atoms with Gasteiger partial charge < -0.3 is 14.8 Å². The number of hydrogen-bond acceptors (Lipinski definition) is 3. The van der Waals surface area contributed by atoms with Crippen molar-refractivity contribution in [3.63, 3.8) is 0 Å². The fourth-order valence-corrected chi connectivity index (χ4v) is 2.58. The molecular weight excluding hydrogens is 290 g/mol. The van der Waals surface area contributed by atoms with Gasteiger partial charge in [-0.2, -0.15) is 0 Å². The Morgan fingerprint density at radius 3 is 2.87 bits per heavy atom. The molecule has 6 heteroatoms. The van der Waals surface area contributed by atoms with Crippen molar-refractivity contribution in [3.8, 4) is 0 Å². The molecule has 124 valence electrons. The fraction of sp³-hybridized carbons (Fsp3) is 0.471. The number of nitrogens with zero attached hydrogens (tertiary/aromatic N) is 4. The minimum Gasteiger partial charge on any atom is -0.338 e. The molecule has 2 amide bonds. The standard InChI is InChI=1S/C17H25N5O/c1-4-22(14(2)16-7-5-8-18-13-16)17(23)20-9-6-11-21-12-10-19-15(21)3/h5,7-8,10,12-14H,4,6,9,11H2,1-3H3,(H,20,23)/t14-/m0/s1. The van der Waals surface area contributed by atoms with E-state index in [2.05, 4.69) is 19.9 Å². The second kappa shape index (κ2) is 8.31. The lowest BCUT2D eigenvalue weighted by Gasteiger charge is -2.28. The molecule has 1 atom stereocenters. The second-order valence-corrected chi connectivity index (χ2v) is 5.50. The molecule has 0 aliphatic carbocycles. The van der Waals surface area contributed by atoms with Gasteiger partial charge in [-0.1, -0.05) is 6.07 Å². The van der Waals surface area contributed by atoms with Gasteiger partial charge in [-0.15, -0.1) is 0 Å². The van der Waals surface area contributed by atoms with Crippen LogP contribution in [0, 0.1) is 6.92 Å². The van der Waals surface area contributed by atoms with Crippen molar-refractivity contribution >= 4 is 6.03 Å². The first-order valence-corrected chi connectivity index (χ1v) is 8.05. The number of hydrogen-bond donors (Lipinski definition) is 1. The summed E-state index contributed by atoms with van der Waals surface area (Å²) < 4.78 is 2.09. The number of nitrogens with one attached hydrogen (secondary N) is 1. The number of aromatic nitrogens is 3. The molecule has 6 nitrogen and oxygen atoms in total. The molecule has 2 heterocycles. The van der Waals surface area contributed by atoms with Crippen molar-refractivity contribution in [3.05, 3.63) is 48.3 Å². The van der Waals surface area contributed by atoms with E-state index in [1.54, 1.807) is 12.4 Å². The highest BCUT2D eigenvalue weighted by Crippen LogP contribution is 2.18. The summed E-state index contributed by atoms with van der Waals surface area (Å²) in [5, 5.41) is 3.00. The van der Waals surface area contributed by atoms with Crippen LogP contribution in [0.2, 0.25) is 0 Å². The number of pyridine rings is 1. The van der Waals surface area contributed by atoms with Gasteiger partial charge in [-0.25, -0.2) is 9.78 Å². The molecule has 2 rings (SSSR count). The van der Waals surface area contributed by atoms with E-state index in [4.69, 9.17) is 0 Å². The summed E-state index contributed by atoms with van der Waals surface area (Å²) in [4.78, 5) is 22.5. The molecular formula is C17H25N5O. The Hall–Kier alpha value is -2.37. The Labute approximate surface area is 137 Å². The van der Waals surface area contributed by atoms with E-state index in [9.17, 15) is 4.79 Å². The molecule has 0 spiro atoms. The molecule has 2 aromatic heterocycles. The summed E-state index contributed by atoms with van der Waals surface area (Å²) in [5.41, 5.74) is 1.04. The molecule has 1 N–H and O–H groups in total. The van der Waals surface area contributed by atoms with Gasteiger partial charge in [-0.3, -0.25) is 4.98 Å². The van der Waals surface area contributed by atoms with Crippen LogP contribution < -0.4 is 5.32 Å². The number of carbonyl (C=O) groups is 1.